The number of aryl methyl sites for hydroxylation is 1. The van der Waals surface area contributed by atoms with Gasteiger partial charge in [0.25, 0.3) is 0 Å². The fraction of sp³-hybridized carbons (Fsp3) is 0.500. The molecule has 3 rings (SSSR count). The van der Waals surface area contributed by atoms with Gasteiger partial charge in [0.2, 0.25) is 0 Å². The first kappa shape index (κ1) is 14.3. The number of hydrogen-bond acceptors (Lipinski definition) is 2. The van der Waals surface area contributed by atoms with Gasteiger partial charge in [-0.05, 0) is 43.4 Å². The SMILES string of the molecule is CCC(C)n1ccc(CC2(O)CCc3ccccc3C2)n1. The summed E-state index contributed by atoms with van der Waals surface area (Å²) in [4.78, 5) is 0. The summed E-state index contributed by atoms with van der Waals surface area (Å²) in [6, 6.07) is 10.9. The highest BCUT2D eigenvalue weighted by molar-refractivity contribution is 5.32. The normalized spacial score (nSPS) is 22.8. The average molecular weight is 284 g/mol. The van der Waals surface area contributed by atoms with Gasteiger partial charge in [-0.2, -0.15) is 5.10 Å². The van der Waals surface area contributed by atoms with Crippen LogP contribution in [-0.2, 0) is 19.3 Å². The van der Waals surface area contributed by atoms with E-state index < -0.39 is 5.60 Å². The van der Waals surface area contributed by atoms with E-state index in [4.69, 9.17) is 0 Å². The van der Waals surface area contributed by atoms with E-state index in [9.17, 15) is 5.11 Å². The van der Waals surface area contributed by atoms with Crippen molar-refractivity contribution < 1.29 is 5.11 Å². The Morgan fingerprint density at radius 3 is 2.81 bits per heavy atom. The lowest BCUT2D eigenvalue weighted by molar-refractivity contribution is 0.0256. The summed E-state index contributed by atoms with van der Waals surface area (Å²) in [5.74, 6) is 0. The number of hydrogen-bond donors (Lipinski definition) is 1. The largest absolute Gasteiger partial charge is 0.389 e. The summed E-state index contributed by atoms with van der Waals surface area (Å²) in [5, 5.41) is 15.6. The molecule has 3 heteroatoms. The van der Waals surface area contributed by atoms with Gasteiger partial charge < -0.3 is 5.11 Å². The second-order valence-electron chi connectivity index (χ2n) is 6.39. The van der Waals surface area contributed by atoms with Crippen molar-refractivity contribution in [1.82, 2.24) is 9.78 Å². The molecule has 0 radical (unpaired) electrons. The molecule has 1 aromatic carbocycles. The van der Waals surface area contributed by atoms with E-state index in [2.05, 4.69) is 43.2 Å². The van der Waals surface area contributed by atoms with Crippen LogP contribution in [0.3, 0.4) is 0 Å². The molecule has 1 aromatic heterocycles. The summed E-state index contributed by atoms with van der Waals surface area (Å²) in [7, 11) is 0. The van der Waals surface area contributed by atoms with E-state index in [0.29, 0.717) is 12.5 Å². The number of rotatable bonds is 4. The summed E-state index contributed by atoms with van der Waals surface area (Å²) < 4.78 is 2.01. The van der Waals surface area contributed by atoms with Gasteiger partial charge in [-0.3, -0.25) is 4.68 Å². The third-order valence-corrected chi connectivity index (χ3v) is 4.71. The van der Waals surface area contributed by atoms with Crippen molar-refractivity contribution in [3.05, 3.63) is 53.3 Å². The van der Waals surface area contributed by atoms with Gasteiger partial charge in [0.05, 0.1) is 11.3 Å². The zero-order chi connectivity index (χ0) is 14.9. The topological polar surface area (TPSA) is 38.0 Å². The lowest BCUT2D eigenvalue weighted by Gasteiger charge is -2.33. The van der Waals surface area contributed by atoms with Crippen LogP contribution in [-0.4, -0.2) is 20.5 Å². The molecule has 21 heavy (non-hydrogen) atoms. The third-order valence-electron chi connectivity index (χ3n) is 4.71. The number of benzene rings is 1. The molecular formula is C18H24N2O. The van der Waals surface area contributed by atoms with Crippen LogP contribution in [0.25, 0.3) is 0 Å². The molecule has 0 aliphatic heterocycles. The van der Waals surface area contributed by atoms with Gasteiger partial charge in [-0.25, -0.2) is 0 Å². The minimum Gasteiger partial charge on any atom is -0.389 e. The Labute approximate surface area is 126 Å². The van der Waals surface area contributed by atoms with E-state index in [0.717, 1.165) is 31.4 Å². The Kier molecular flexibility index (Phi) is 3.85. The molecule has 1 aliphatic carbocycles. The summed E-state index contributed by atoms with van der Waals surface area (Å²) in [6.45, 7) is 4.33. The first-order chi connectivity index (χ1) is 10.1. The van der Waals surface area contributed by atoms with Crippen molar-refractivity contribution in [2.45, 2.75) is 57.6 Å². The molecule has 1 heterocycles. The van der Waals surface area contributed by atoms with Crippen LogP contribution in [0.2, 0.25) is 0 Å². The van der Waals surface area contributed by atoms with Crippen LogP contribution >= 0.6 is 0 Å². The van der Waals surface area contributed by atoms with Crippen molar-refractivity contribution in [1.29, 1.82) is 0 Å². The quantitative estimate of drug-likeness (QED) is 0.935. The molecule has 0 spiro atoms. The van der Waals surface area contributed by atoms with Gasteiger partial charge >= 0.3 is 0 Å². The van der Waals surface area contributed by atoms with Crippen molar-refractivity contribution in [2.24, 2.45) is 0 Å². The smallest absolute Gasteiger partial charge is 0.0747 e. The minimum absolute atomic E-state index is 0.417. The molecule has 1 aliphatic rings. The van der Waals surface area contributed by atoms with Gasteiger partial charge in [-0.1, -0.05) is 31.2 Å². The molecule has 2 aromatic rings. The Morgan fingerprint density at radius 2 is 2.05 bits per heavy atom. The third kappa shape index (κ3) is 3.03. The monoisotopic (exact) mass is 284 g/mol. The zero-order valence-corrected chi connectivity index (χ0v) is 12.9. The van der Waals surface area contributed by atoms with Gasteiger partial charge in [0, 0.05) is 25.1 Å². The van der Waals surface area contributed by atoms with Crippen molar-refractivity contribution in [2.75, 3.05) is 0 Å². The average Bonchev–Trinajstić information content (AvgIpc) is 2.94. The second-order valence-corrected chi connectivity index (χ2v) is 6.39. The molecule has 3 nitrogen and oxygen atoms in total. The maximum atomic E-state index is 10.9. The van der Waals surface area contributed by atoms with Crippen molar-refractivity contribution in [3.63, 3.8) is 0 Å². The highest BCUT2D eigenvalue weighted by atomic mass is 16.3. The Balaban J connectivity index is 1.74. The summed E-state index contributed by atoms with van der Waals surface area (Å²) >= 11 is 0. The van der Waals surface area contributed by atoms with Crippen LogP contribution < -0.4 is 0 Å². The predicted molar refractivity (Wildman–Crippen MR) is 84.3 cm³/mol. The summed E-state index contributed by atoms with van der Waals surface area (Å²) in [5.41, 5.74) is 3.01. The van der Waals surface area contributed by atoms with Gasteiger partial charge in [-0.15, -0.1) is 0 Å². The number of aliphatic hydroxyl groups is 1. The summed E-state index contributed by atoms with van der Waals surface area (Å²) in [6.07, 6.45) is 6.26. The fourth-order valence-corrected chi connectivity index (χ4v) is 3.18. The van der Waals surface area contributed by atoms with Crippen LogP contribution in [0.15, 0.2) is 36.5 Å². The van der Waals surface area contributed by atoms with Crippen molar-refractivity contribution in [3.8, 4) is 0 Å². The molecule has 1 N–H and O–H groups in total. The Morgan fingerprint density at radius 1 is 1.29 bits per heavy atom. The van der Waals surface area contributed by atoms with Crippen LogP contribution in [0, 0.1) is 0 Å². The van der Waals surface area contributed by atoms with E-state index >= 15 is 0 Å². The standard InChI is InChI=1S/C18H24N2O/c1-3-14(2)20-11-9-17(19-20)13-18(21)10-8-15-6-4-5-7-16(15)12-18/h4-7,9,11,14,21H,3,8,10,12-13H2,1-2H3. The molecule has 2 atom stereocenters. The lowest BCUT2D eigenvalue weighted by Crippen LogP contribution is -2.38. The van der Waals surface area contributed by atoms with E-state index in [1.807, 2.05) is 16.9 Å². The molecule has 2 unspecified atom stereocenters. The van der Waals surface area contributed by atoms with Crippen molar-refractivity contribution >= 4 is 0 Å². The van der Waals surface area contributed by atoms with Gasteiger partial charge in [0.15, 0.2) is 0 Å². The highest BCUT2D eigenvalue weighted by Crippen LogP contribution is 2.31. The maximum absolute atomic E-state index is 10.9. The molecular weight excluding hydrogens is 260 g/mol. The maximum Gasteiger partial charge on any atom is 0.0747 e. The Hall–Kier alpha value is -1.61. The lowest BCUT2D eigenvalue weighted by atomic mass is 9.78. The van der Waals surface area contributed by atoms with E-state index in [-0.39, 0.29) is 0 Å². The van der Waals surface area contributed by atoms with Crippen LogP contribution in [0.1, 0.15) is 49.6 Å². The molecule has 0 bridgehead atoms. The zero-order valence-electron chi connectivity index (χ0n) is 12.9. The molecule has 0 fully saturated rings. The molecule has 0 amide bonds. The second kappa shape index (κ2) is 5.64. The van der Waals surface area contributed by atoms with E-state index in [1.54, 1.807) is 0 Å². The Bertz CT molecular complexity index is 619. The van der Waals surface area contributed by atoms with Crippen LogP contribution in [0.4, 0.5) is 0 Å². The first-order valence-corrected chi connectivity index (χ1v) is 7.93. The van der Waals surface area contributed by atoms with E-state index in [1.165, 1.54) is 11.1 Å². The number of fused-ring (bicyclic) bond motifs is 1. The van der Waals surface area contributed by atoms with Crippen LogP contribution in [0.5, 0.6) is 0 Å². The number of nitrogens with zero attached hydrogens (tertiary/aromatic N) is 2. The highest BCUT2D eigenvalue weighted by Gasteiger charge is 2.32. The fourth-order valence-electron chi connectivity index (χ4n) is 3.18. The molecule has 112 valence electrons. The predicted octanol–water partition coefficient (Wildman–Crippen LogP) is 3.32. The molecule has 0 saturated heterocycles. The number of aromatic nitrogens is 2. The molecule has 0 saturated carbocycles. The first-order valence-electron chi connectivity index (χ1n) is 7.93. The van der Waals surface area contributed by atoms with Gasteiger partial charge in [0.1, 0.15) is 0 Å². The minimum atomic E-state index is -0.650.